The number of hydrogen-bond acceptors (Lipinski definition) is 4. The monoisotopic (exact) mass is 450 g/mol. The first kappa shape index (κ1) is 22.0. The molecule has 166 valence electrons. The fourth-order valence-corrected chi connectivity index (χ4v) is 4.81. The maximum atomic E-state index is 11.9. The van der Waals surface area contributed by atoms with Gasteiger partial charge >= 0.3 is 5.97 Å². The molecule has 0 bridgehead atoms. The van der Waals surface area contributed by atoms with Crippen LogP contribution in [0.2, 0.25) is 0 Å². The third-order valence-corrected chi connectivity index (χ3v) is 6.25. The molecule has 3 aromatic rings. The first-order valence-corrected chi connectivity index (χ1v) is 10.8. The molecule has 2 aromatic heterocycles. The minimum Gasteiger partial charge on any atom is -0.478 e. The Morgan fingerprint density at radius 2 is 1.97 bits per heavy atom. The summed E-state index contributed by atoms with van der Waals surface area (Å²) in [5, 5.41) is 13.8. The van der Waals surface area contributed by atoms with Crippen LogP contribution in [0.25, 0.3) is 5.69 Å². The lowest BCUT2D eigenvalue weighted by molar-refractivity contribution is 0.0697. The predicted molar refractivity (Wildman–Crippen MR) is 126 cm³/mol. The van der Waals surface area contributed by atoms with Crippen molar-refractivity contribution in [2.24, 2.45) is 0 Å². The van der Waals surface area contributed by atoms with Gasteiger partial charge in [0.2, 0.25) is 0 Å². The number of rotatable bonds is 7. The van der Waals surface area contributed by atoms with Gasteiger partial charge in [0, 0.05) is 31.2 Å². The van der Waals surface area contributed by atoms with E-state index in [-0.39, 0.29) is 17.6 Å². The number of thiocarbonyl (C=S) groups is 1. The fraction of sp³-hybridized carbons (Fsp3) is 0.292. The maximum Gasteiger partial charge on any atom is 0.337 e. The number of carboxylic acids is 1. The smallest absolute Gasteiger partial charge is 0.337 e. The van der Waals surface area contributed by atoms with E-state index in [1.165, 1.54) is 0 Å². The van der Waals surface area contributed by atoms with Crippen molar-refractivity contribution in [2.75, 3.05) is 20.3 Å². The van der Waals surface area contributed by atoms with E-state index in [1.807, 2.05) is 48.7 Å². The van der Waals surface area contributed by atoms with Gasteiger partial charge < -0.3 is 24.6 Å². The third kappa shape index (κ3) is 3.87. The number of aryl methyl sites for hydroxylation is 1. The molecule has 1 aliphatic heterocycles. The van der Waals surface area contributed by atoms with Crippen LogP contribution in [0.15, 0.2) is 54.7 Å². The van der Waals surface area contributed by atoms with Crippen LogP contribution in [-0.4, -0.2) is 50.9 Å². The zero-order valence-corrected chi connectivity index (χ0v) is 19.1. The van der Waals surface area contributed by atoms with E-state index in [2.05, 4.69) is 21.3 Å². The number of hydrogen-bond donors (Lipinski definition) is 2. The number of benzene rings is 1. The molecule has 4 rings (SSSR count). The number of nitrogens with zero attached hydrogens (tertiary/aromatic N) is 3. The van der Waals surface area contributed by atoms with E-state index in [1.54, 1.807) is 25.4 Å². The maximum absolute atomic E-state index is 11.9. The molecule has 1 fully saturated rings. The summed E-state index contributed by atoms with van der Waals surface area (Å²) in [4.78, 5) is 18.6. The molecule has 0 spiro atoms. The minimum absolute atomic E-state index is 0.107. The SMILES string of the molecule is COCCN1C(=S)N[C@H](c2ccccn2)[C@H]1c1cc(C)n(-c2ccccc2C(=O)O)c1C. The molecule has 0 unspecified atom stereocenters. The van der Waals surface area contributed by atoms with Crippen LogP contribution in [0.3, 0.4) is 0 Å². The first-order chi connectivity index (χ1) is 15.4. The van der Waals surface area contributed by atoms with Crippen molar-refractivity contribution in [2.45, 2.75) is 25.9 Å². The molecule has 3 heterocycles. The second kappa shape index (κ2) is 9.10. The Labute approximate surface area is 192 Å². The number of ether oxygens (including phenoxy) is 1. The molecule has 1 aliphatic rings. The molecule has 0 radical (unpaired) electrons. The molecule has 2 N–H and O–H groups in total. The number of carbonyl (C=O) groups is 1. The van der Waals surface area contributed by atoms with Crippen LogP contribution in [0.1, 0.15) is 45.1 Å². The van der Waals surface area contributed by atoms with Gasteiger partial charge in [-0.2, -0.15) is 0 Å². The van der Waals surface area contributed by atoms with Crippen LogP contribution in [0.5, 0.6) is 0 Å². The lowest BCUT2D eigenvalue weighted by Gasteiger charge is -2.28. The van der Waals surface area contributed by atoms with E-state index in [0.29, 0.717) is 24.0 Å². The number of carboxylic acid groups (broad SMARTS) is 1. The van der Waals surface area contributed by atoms with Crippen molar-refractivity contribution in [1.82, 2.24) is 19.8 Å². The van der Waals surface area contributed by atoms with Crippen molar-refractivity contribution in [1.29, 1.82) is 0 Å². The van der Waals surface area contributed by atoms with E-state index in [4.69, 9.17) is 17.0 Å². The van der Waals surface area contributed by atoms with Gasteiger partial charge in [0.15, 0.2) is 5.11 Å². The number of para-hydroxylation sites is 1. The zero-order chi connectivity index (χ0) is 22.8. The Hall–Kier alpha value is -3.23. The normalized spacial score (nSPS) is 18.1. The average molecular weight is 451 g/mol. The average Bonchev–Trinajstić information content (AvgIpc) is 3.27. The molecule has 2 atom stereocenters. The lowest BCUT2D eigenvalue weighted by atomic mass is 9.97. The van der Waals surface area contributed by atoms with Crippen molar-refractivity contribution in [3.63, 3.8) is 0 Å². The van der Waals surface area contributed by atoms with E-state index in [0.717, 1.165) is 22.6 Å². The molecule has 7 nitrogen and oxygen atoms in total. The van der Waals surface area contributed by atoms with Crippen LogP contribution >= 0.6 is 12.2 Å². The Morgan fingerprint density at radius 1 is 1.22 bits per heavy atom. The lowest BCUT2D eigenvalue weighted by Crippen LogP contribution is -2.32. The summed E-state index contributed by atoms with van der Waals surface area (Å²) in [6, 6.07) is 14.8. The molecular formula is C24H26N4O3S. The summed E-state index contributed by atoms with van der Waals surface area (Å²) in [6.07, 6.45) is 1.78. The van der Waals surface area contributed by atoms with Crippen LogP contribution in [0.4, 0.5) is 0 Å². The van der Waals surface area contributed by atoms with Crippen LogP contribution < -0.4 is 5.32 Å². The molecule has 0 amide bonds. The highest BCUT2D eigenvalue weighted by molar-refractivity contribution is 7.80. The van der Waals surface area contributed by atoms with Gasteiger partial charge in [0.1, 0.15) is 0 Å². The zero-order valence-electron chi connectivity index (χ0n) is 18.3. The number of nitrogens with one attached hydrogen (secondary N) is 1. The Balaban J connectivity index is 1.85. The van der Waals surface area contributed by atoms with Crippen molar-refractivity contribution in [3.05, 3.63) is 82.9 Å². The van der Waals surface area contributed by atoms with Crippen molar-refractivity contribution >= 4 is 23.3 Å². The topological polar surface area (TPSA) is 79.6 Å². The first-order valence-electron chi connectivity index (χ1n) is 10.4. The molecule has 1 aromatic carbocycles. The van der Waals surface area contributed by atoms with Gasteiger partial charge in [-0.25, -0.2) is 4.79 Å². The highest BCUT2D eigenvalue weighted by atomic mass is 32.1. The number of pyridine rings is 1. The molecule has 1 saturated heterocycles. The van der Waals surface area contributed by atoms with Gasteiger partial charge in [-0.15, -0.1) is 0 Å². The fourth-order valence-electron chi connectivity index (χ4n) is 4.48. The van der Waals surface area contributed by atoms with E-state index < -0.39 is 5.97 Å². The molecule has 0 aliphatic carbocycles. The van der Waals surface area contributed by atoms with Gasteiger partial charge in [0.05, 0.1) is 35.6 Å². The molecule has 0 saturated carbocycles. The predicted octanol–water partition coefficient (Wildman–Crippen LogP) is 3.81. The van der Waals surface area contributed by atoms with Crippen molar-refractivity contribution < 1.29 is 14.6 Å². The Morgan fingerprint density at radius 3 is 2.66 bits per heavy atom. The summed E-state index contributed by atoms with van der Waals surface area (Å²) >= 11 is 5.69. The Kier molecular flexibility index (Phi) is 6.25. The quantitative estimate of drug-likeness (QED) is 0.530. The Bertz CT molecular complexity index is 1150. The van der Waals surface area contributed by atoms with Gasteiger partial charge in [-0.1, -0.05) is 18.2 Å². The van der Waals surface area contributed by atoms with Crippen LogP contribution in [0, 0.1) is 13.8 Å². The highest BCUT2D eigenvalue weighted by Gasteiger charge is 2.41. The minimum atomic E-state index is -0.952. The van der Waals surface area contributed by atoms with E-state index in [9.17, 15) is 9.90 Å². The molecular weight excluding hydrogens is 424 g/mol. The largest absolute Gasteiger partial charge is 0.478 e. The summed E-state index contributed by atoms with van der Waals surface area (Å²) in [6.45, 7) is 5.18. The van der Waals surface area contributed by atoms with Gasteiger partial charge in [-0.05, 0) is 62.0 Å². The number of aromatic carboxylic acids is 1. The summed E-state index contributed by atoms with van der Waals surface area (Å²) in [5.74, 6) is -0.952. The van der Waals surface area contributed by atoms with Crippen molar-refractivity contribution in [3.8, 4) is 5.69 Å². The van der Waals surface area contributed by atoms with Gasteiger partial charge in [0.25, 0.3) is 0 Å². The second-order valence-corrected chi connectivity index (χ2v) is 8.18. The molecule has 8 heteroatoms. The van der Waals surface area contributed by atoms with Gasteiger partial charge in [-0.3, -0.25) is 4.98 Å². The summed E-state index contributed by atoms with van der Waals surface area (Å²) in [7, 11) is 1.67. The van der Waals surface area contributed by atoms with Crippen LogP contribution in [-0.2, 0) is 4.74 Å². The summed E-state index contributed by atoms with van der Waals surface area (Å²) in [5.41, 5.74) is 4.80. The highest BCUT2D eigenvalue weighted by Crippen LogP contribution is 2.41. The summed E-state index contributed by atoms with van der Waals surface area (Å²) < 4.78 is 7.34. The molecule has 32 heavy (non-hydrogen) atoms. The number of methoxy groups -OCH3 is 1. The third-order valence-electron chi connectivity index (χ3n) is 5.90. The second-order valence-electron chi connectivity index (χ2n) is 7.80. The standard InChI is InChI=1S/C24H26N4O3S/c1-15-14-18(16(2)28(15)20-10-5-4-8-17(20)23(29)30)22-21(19-9-6-7-11-25-19)26-24(32)27(22)12-13-31-3/h4-11,14,21-22H,12-13H2,1-3H3,(H,26,32)(H,29,30)/t21-,22-/m1/s1. The van der Waals surface area contributed by atoms with E-state index >= 15 is 0 Å². The number of aromatic nitrogens is 2.